The van der Waals surface area contributed by atoms with E-state index in [0.29, 0.717) is 6.42 Å². The zero-order chi connectivity index (χ0) is 37.1. The van der Waals surface area contributed by atoms with E-state index in [4.69, 9.17) is 0 Å². The monoisotopic (exact) mass is 718 g/mol. The SMILES string of the molecule is CCCCCCCCCCCCC/C=C/CC/C=C/[C@@H](O)[C@H](CO)NC(=O)CCCCCCCCCCCCCCCCCCCCCCCC. The molecule has 0 radical (unpaired) electrons. The third-order valence-electron chi connectivity index (χ3n) is 10.7. The van der Waals surface area contributed by atoms with Crippen molar-refractivity contribution in [1.82, 2.24) is 5.32 Å². The fourth-order valence-electron chi connectivity index (χ4n) is 7.14. The van der Waals surface area contributed by atoms with Crippen LogP contribution in [0.4, 0.5) is 0 Å². The van der Waals surface area contributed by atoms with Gasteiger partial charge in [0.1, 0.15) is 0 Å². The van der Waals surface area contributed by atoms with Gasteiger partial charge in [-0.1, -0.05) is 237 Å². The molecule has 0 aromatic rings. The number of aliphatic hydroxyl groups excluding tert-OH is 2. The Morgan fingerprint density at radius 3 is 1.14 bits per heavy atom. The predicted molar refractivity (Wildman–Crippen MR) is 225 cm³/mol. The van der Waals surface area contributed by atoms with Gasteiger partial charge in [-0.05, 0) is 32.1 Å². The maximum Gasteiger partial charge on any atom is 0.220 e. The van der Waals surface area contributed by atoms with E-state index < -0.39 is 12.1 Å². The lowest BCUT2D eigenvalue weighted by molar-refractivity contribution is -0.123. The highest BCUT2D eigenvalue weighted by molar-refractivity contribution is 5.76. The summed E-state index contributed by atoms with van der Waals surface area (Å²) in [6.07, 6.45) is 55.8. The Hall–Kier alpha value is -1.13. The number of hydrogen-bond acceptors (Lipinski definition) is 3. The molecule has 2 atom stereocenters. The fourth-order valence-corrected chi connectivity index (χ4v) is 7.14. The first-order valence-corrected chi connectivity index (χ1v) is 23.1. The van der Waals surface area contributed by atoms with Gasteiger partial charge in [-0.25, -0.2) is 0 Å². The molecule has 0 unspecified atom stereocenters. The summed E-state index contributed by atoms with van der Waals surface area (Å²) in [6.45, 7) is 4.32. The Morgan fingerprint density at radius 2 is 0.765 bits per heavy atom. The quantitative estimate of drug-likeness (QED) is 0.0435. The normalized spacial score (nSPS) is 13.1. The summed E-state index contributed by atoms with van der Waals surface area (Å²) in [7, 11) is 0. The van der Waals surface area contributed by atoms with E-state index in [2.05, 4.69) is 31.3 Å². The first-order chi connectivity index (χ1) is 25.2. The van der Waals surface area contributed by atoms with Gasteiger partial charge in [0, 0.05) is 6.42 Å². The number of hydrogen-bond donors (Lipinski definition) is 3. The number of carbonyl (C=O) groups excluding carboxylic acids is 1. The van der Waals surface area contributed by atoms with Gasteiger partial charge in [0.2, 0.25) is 5.91 Å². The van der Waals surface area contributed by atoms with Crippen molar-refractivity contribution in [3.63, 3.8) is 0 Å². The highest BCUT2D eigenvalue weighted by atomic mass is 16.3. The number of unbranched alkanes of at least 4 members (excludes halogenated alkanes) is 33. The van der Waals surface area contributed by atoms with Gasteiger partial charge in [-0.2, -0.15) is 0 Å². The van der Waals surface area contributed by atoms with Crippen LogP contribution in [-0.4, -0.2) is 34.9 Å². The molecule has 3 N–H and O–H groups in total. The number of carbonyl (C=O) groups is 1. The van der Waals surface area contributed by atoms with Gasteiger partial charge in [0.05, 0.1) is 18.8 Å². The lowest BCUT2D eigenvalue weighted by Gasteiger charge is -2.19. The zero-order valence-corrected chi connectivity index (χ0v) is 34.6. The number of allylic oxidation sites excluding steroid dienone is 3. The molecule has 0 spiro atoms. The standard InChI is InChI=1S/C47H91NO3/c1-3-5-7-9-11-13-15-17-19-21-22-23-24-25-27-29-31-33-35-37-39-41-43-47(51)48-45(44-49)46(50)42-40-38-36-34-32-30-28-26-20-18-16-14-12-10-8-6-4-2/h32,34,40,42,45-46,49-50H,3-31,33,35-39,41,43-44H2,1-2H3,(H,48,51)/b34-32+,42-40+/t45-,46+/m0/s1. The first-order valence-electron chi connectivity index (χ1n) is 23.1. The second-order valence-electron chi connectivity index (χ2n) is 15.8. The predicted octanol–water partition coefficient (Wildman–Crippen LogP) is 14.4. The molecule has 0 saturated carbocycles. The summed E-state index contributed by atoms with van der Waals surface area (Å²) in [5, 5.41) is 23.0. The molecule has 51 heavy (non-hydrogen) atoms. The van der Waals surface area contributed by atoms with Crippen molar-refractivity contribution in [2.75, 3.05) is 6.61 Å². The average molecular weight is 718 g/mol. The van der Waals surface area contributed by atoms with Crippen molar-refractivity contribution in [2.45, 2.75) is 264 Å². The molecular weight excluding hydrogens is 627 g/mol. The lowest BCUT2D eigenvalue weighted by atomic mass is 10.0. The van der Waals surface area contributed by atoms with Crippen molar-refractivity contribution in [2.24, 2.45) is 0 Å². The van der Waals surface area contributed by atoms with Crippen LogP contribution in [0.2, 0.25) is 0 Å². The van der Waals surface area contributed by atoms with Crippen LogP contribution in [0.1, 0.15) is 251 Å². The molecule has 0 rings (SSSR count). The van der Waals surface area contributed by atoms with Gasteiger partial charge >= 0.3 is 0 Å². The second-order valence-corrected chi connectivity index (χ2v) is 15.8. The summed E-state index contributed by atoms with van der Waals surface area (Å²) < 4.78 is 0. The maximum atomic E-state index is 12.4. The van der Waals surface area contributed by atoms with Crippen LogP contribution in [0.25, 0.3) is 0 Å². The summed E-state index contributed by atoms with van der Waals surface area (Å²) in [6, 6.07) is -0.634. The average Bonchev–Trinajstić information content (AvgIpc) is 3.13. The zero-order valence-electron chi connectivity index (χ0n) is 34.6. The van der Waals surface area contributed by atoms with E-state index in [1.54, 1.807) is 6.08 Å². The van der Waals surface area contributed by atoms with E-state index in [1.807, 2.05) is 6.08 Å². The van der Waals surface area contributed by atoms with Crippen LogP contribution in [0.3, 0.4) is 0 Å². The third kappa shape index (κ3) is 39.9. The van der Waals surface area contributed by atoms with Gasteiger partial charge < -0.3 is 15.5 Å². The van der Waals surface area contributed by atoms with E-state index >= 15 is 0 Å². The molecule has 302 valence electrons. The molecular formula is C47H91NO3. The van der Waals surface area contributed by atoms with E-state index in [9.17, 15) is 15.0 Å². The van der Waals surface area contributed by atoms with Crippen LogP contribution < -0.4 is 5.32 Å². The molecule has 0 aromatic heterocycles. The van der Waals surface area contributed by atoms with E-state index in [-0.39, 0.29) is 12.5 Å². The Morgan fingerprint density at radius 1 is 0.451 bits per heavy atom. The summed E-state index contributed by atoms with van der Waals surface area (Å²) in [5.74, 6) is -0.0694. The molecule has 0 aliphatic rings. The fraction of sp³-hybridized carbons (Fsp3) is 0.894. The van der Waals surface area contributed by atoms with E-state index in [1.165, 1.54) is 199 Å². The van der Waals surface area contributed by atoms with Crippen LogP contribution in [0.5, 0.6) is 0 Å². The molecule has 0 aromatic carbocycles. The van der Waals surface area contributed by atoms with Gasteiger partial charge in [-0.15, -0.1) is 0 Å². The second kappa shape index (κ2) is 43.3. The topological polar surface area (TPSA) is 69.6 Å². The molecule has 4 nitrogen and oxygen atoms in total. The third-order valence-corrected chi connectivity index (χ3v) is 10.7. The van der Waals surface area contributed by atoms with Crippen LogP contribution in [-0.2, 0) is 4.79 Å². The summed E-state index contributed by atoms with van der Waals surface area (Å²) >= 11 is 0. The molecule has 0 bridgehead atoms. The Bertz CT molecular complexity index is 735. The Labute approximate surface area is 319 Å². The number of rotatable bonds is 42. The molecule has 0 saturated heterocycles. The van der Waals surface area contributed by atoms with Crippen molar-refractivity contribution in [3.8, 4) is 0 Å². The van der Waals surface area contributed by atoms with Crippen molar-refractivity contribution in [3.05, 3.63) is 24.3 Å². The van der Waals surface area contributed by atoms with Gasteiger partial charge in [0.25, 0.3) is 0 Å². The molecule has 0 fully saturated rings. The Balaban J connectivity index is 3.54. The minimum Gasteiger partial charge on any atom is -0.394 e. The smallest absolute Gasteiger partial charge is 0.220 e. The van der Waals surface area contributed by atoms with Crippen LogP contribution in [0, 0.1) is 0 Å². The molecule has 0 aliphatic heterocycles. The number of amides is 1. The highest BCUT2D eigenvalue weighted by Gasteiger charge is 2.17. The molecule has 4 heteroatoms. The Kier molecular flexibility index (Phi) is 42.3. The molecule has 0 heterocycles. The van der Waals surface area contributed by atoms with Crippen LogP contribution >= 0.6 is 0 Å². The summed E-state index contributed by atoms with van der Waals surface area (Å²) in [4.78, 5) is 12.4. The number of nitrogens with one attached hydrogen (secondary N) is 1. The maximum absolute atomic E-state index is 12.4. The molecule has 1 amide bonds. The van der Waals surface area contributed by atoms with Crippen LogP contribution in [0.15, 0.2) is 24.3 Å². The van der Waals surface area contributed by atoms with Gasteiger partial charge in [-0.3, -0.25) is 4.79 Å². The largest absolute Gasteiger partial charge is 0.394 e. The summed E-state index contributed by atoms with van der Waals surface area (Å²) in [5.41, 5.74) is 0. The minimum absolute atomic E-state index is 0.0694. The minimum atomic E-state index is -0.858. The first kappa shape index (κ1) is 49.9. The van der Waals surface area contributed by atoms with Crippen molar-refractivity contribution >= 4 is 5.91 Å². The lowest BCUT2D eigenvalue weighted by Crippen LogP contribution is -2.45. The van der Waals surface area contributed by atoms with Crippen molar-refractivity contribution in [1.29, 1.82) is 0 Å². The van der Waals surface area contributed by atoms with Gasteiger partial charge in [0.15, 0.2) is 0 Å². The number of aliphatic hydroxyl groups is 2. The van der Waals surface area contributed by atoms with Crippen molar-refractivity contribution < 1.29 is 15.0 Å². The highest BCUT2D eigenvalue weighted by Crippen LogP contribution is 2.16. The van der Waals surface area contributed by atoms with E-state index in [0.717, 1.165) is 32.1 Å². The molecule has 0 aliphatic carbocycles.